The lowest BCUT2D eigenvalue weighted by Gasteiger charge is -2.54. The lowest BCUT2D eigenvalue weighted by Crippen LogP contribution is -2.57. The van der Waals surface area contributed by atoms with E-state index in [4.69, 9.17) is 11.6 Å². The van der Waals surface area contributed by atoms with Gasteiger partial charge < -0.3 is 5.11 Å². The second-order valence-electron chi connectivity index (χ2n) is 6.43. The van der Waals surface area contributed by atoms with Gasteiger partial charge in [0.25, 0.3) is 0 Å². The van der Waals surface area contributed by atoms with Gasteiger partial charge in [-0.1, -0.05) is 37.6 Å². The van der Waals surface area contributed by atoms with Crippen molar-refractivity contribution in [2.75, 3.05) is 13.1 Å². The van der Waals surface area contributed by atoms with Crippen LogP contribution in [-0.4, -0.2) is 29.1 Å². The van der Waals surface area contributed by atoms with E-state index in [1.54, 1.807) is 5.54 Å². The number of halogens is 1. The molecule has 2 aliphatic rings. The third kappa shape index (κ3) is 2.06. The Morgan fingerprint density at radius 1 is 1.50 bits per heavy atom. The van der Waals surface area contributed by atoms with Gasteiger partial charge >= 0.3 is 0 Å². The highest BCUT2D eigenvalue weighted by Crippen LogP contribution is 2.49. The van der Waals surface area contributed by atoms with E-state index in [9.17, 15) is 5.11 Å². The zero-order valence-electron chi connectivity index (χ0n) is 12.1. The van der Waals surface area contributed by atoms with Crippen LogP contribution in [0.15, 0.2) is 29.8 Å². The van der Waals surface area contributed by atoms with Gasteiger partial charge in [0, 0.05) is 18.1 Å². The van der Waals surface area contributed by atoms with E-state index in [1.807, 2.05) is 18.2 Å². The summed E-state index contributed by atoms with van der Waals surface area (Å²) in [4.78, 5) is 2.54. The van der Waals surface area contributed by atoms with Crippen molar-refractivity contribution in [3.8, 4) is 5.75 Å². The van der Waals surface area contributed by atoms with E-state index in [0.717, 1.165) is 25.9 Å². The highest BCUT2D eigenvalue weighted by Gasteiger charge is 2.48. The first-order valence-electron chi connectivity index (χ1n) is 7.38. The number of nitrogens with zero attached hydrogens (tertiary/aromatic N) is 1. The molecule has 3 atom stereocenters. The Morgan fingerprint density at radius 2 is 2.30 bits per heavy atom. The van der Waals surface area contributed by atoms with E-state index < -0.39 is 0 Å². The Kier molecular flexibility index (Phi) is 3.55. The van der Waals surface area contributed by atoms with Crippen molar-refractivity contribution in [1.82, 2.24) is 4.90 Å². The first kappa shape index (κ1) is 14.0. The minimum Gasteiger partial charge on any atom is -0.508 e. The summed E-state index contributed by atoms with van der Waals surface area (Å²) >= 11 is 5.68. The zero-order valence-corrected chi connectivity index (χ0v) is 12.9. The van der Waals surface area contributed by atoms with E-state index >= 15 is 0 Å². The van der Waals surface area contributed by atoms with Gasteiger partial charge in [0.15, 0.2) is 0 Å². The van der Waals surface area contributed by atoms with Crippen molar-refractivity contribution in [3.63, 3.8) is 0 Å². The van der Waals surface area contributed by atoms with Gasteiger partial charge in [-0.3, -0.25) is 4.90 Å². The van der Waals surface area contributed by atoms with Crippen LogP contribution in [0.25, 0.3) is 0 Å². The number of phenols is 1. The van der Waals surface area contributed by atoms with Gasteiger partial charge in [-0.25, -0.2) is 0 Å². The number of hydrogen-bond donors (Lipinski definition) is 1. The molecular formula is C17H22ClNO. The number of piperidine rings is 1. The zero-order chi connectivity index (χ0) is 14.3. The van der Waals surface area contributed by atoms with Crippen LogP contribution in [0.1, 0.15) is 31.4 Å². The largest absolute Gasteiger partial charge is 0.508 e. The van der Waals surface area contributed by atoms with E-state index in [0.29, 0.717) is 17.7 Å². The molecule has 2 nitrogen and oxygen atoms in total. The Bertz CT molecular complexity index is 542. The normalized spacial score (nSPS) is 33.4. The fourth-order valence-corrected chi connectivity index (χ4v) is 4.18. The van der Waals surface area contributed by atoms with E-state index in [1.165, 1.54) is 11.1 Å². The van der Waals surface area contributed by atoms with Gasteiger partial charge in [-0.15, -0.1) is 0 Å². The van der Waals surface area contributed by atoms with Crippen molar-refractivity contribution >= 4 is 11.6 Å². The molecule has 1 N–H and O–H groups in total. The molecule has 0 saturated carbocycles. The number of aromatic hydroxyl groups is 1. The van der Waals surface area contributed by atoms with Crippen LogP contribution in [0.5, 0.6) is 5.75 Å². The summed E-state index contributed by atoms with van der Waals surface area (Å²) in [6, 6.07) is 6.47. The minimum absolute atomic E-state index is 0.179. The minimum atomic E-state index is 0.179. The quantitative estimate of drug-likeness (QED) is 0.899. The standard InChI is InChI=1S/C17H22ClNO/c1-12-16-10-13-4-5-14(20)11-15(13)17(12,2)6-9-19(16)8-3-7-18/h3-5,7,11-12,16,20H,6,8-10H2,1-2H3/b7-3+. The average Bonchev–Trinajstić information content (AvgIpc) is 2.43. The van der Waals surface area contributed by atoms with E-state index in [2.05, 4.69) is 24.8 Å². The predicted octanol–water partition coefficient (Wildman–Crippen LogP) is 3.67. The number of phenolic OH excluding ortho intramolecular Hbond substituents is 1. The van der Waals surface area contributed by atoms with Crippen molar-refractivity contribution < 1.29 is 5.11 Å². The average molecular weight is 292 g/mol. The summed E-state index contributed by atoms with van der Waals surface area (Å²) in [5.41, 5.74) is 4.55. The maximum Gasteiger partial charge on any atom is 0.115 e. The van der Waals surface area contributed by atoms with Crippen molar-refractivity contribution in [1.29, 1.82) is 0 Å². The molecule has 1 aliphatic heterocycles. The number of likely N-dealkylation sites (tertiary alicyclic amines) is 1. The summed E-state index contributed by atoms with van der Waals surface area (Å²) in [5, 5.41) is 9.82. The molecule has 1 fully saturated rings. The van der Waals surface area contributed by atoms with Crippen LogP contribution < -0.4 is 0 Å². The van der Waals surface area contributed by atoms with Crippen LogP contribution in [0.2, 0.25) is 0 Å². The summed E-state index contributed by atoms with van der Waals surface area (Å²) in [7, 11) is 0. The molecule has 108 valence electrons. The molecule has 0 spiro atoms. The number of benzene rings is 1. The molecule has 0 radical (unpaired) electrons. The third-order valence-corrected chi connectivity index (χ3v) is 5.71. The number of rotatable bonds is 2. The molecule has 1 heterocycles. The second kappa shape index (κ2) is 5.09. The van der Waals surface area contributed by atoms with Crippen molar-refractivity contribution in [2.24, 2.45) is 5.92 Å². The number of fused-ring (bicyclic) bond motifs is 4. The van der Waals surface area contributed by atoms with Crippen LogP contribution in [0.4, 0.5) is 0 Å². The molecule has 2 bridgehead atoms. The summed E-state index contributed by atoms with van der Waals surface area (Å²) in [6.45, 7) is 6.74. The highest BCUT2D eigenvalue weighted by atomic mass is 35.5. The van der Waals surface area contributed by atoms with Crippen molar-refractivity contribution in [3.05, 3.63) is 40.9 Å². The molecule has 3 heteroatoms. The van der Waals surface area contributed by atoms with Gasteiger partial charge in [-0.05, 0) is 54.0 Å². The summed E-state index contributed by atoms with van der Waals surface area (Å²) in [6.07, 6.45) is 4.24. The number of hydrogen-bond acceptors (Lipinski definition) is 2. The molecular weight excluding hydrogens is 270 g/mol. The van der Waals surface area contributed by atoms with Crippen LogP contribution in [0, 0.1) is 5.92 Å². The second-order valence-corrected chi connectivity index (χ2v) is 6.68. The summed E-state index contributed by atoms with van der Waals surface area (Å²) < 4.78 is 0. The molecule has 0 aromatic heterocycles. The molecule has 0 amide bonds. The lowest BCUT2D eigenvalue weighted by molar-refractivity contribution is 0.0398. The Labute approximate surface area is 126 Å². The maximum atomic E-state index is 9.82. The lowest BCUT2D eigenvalue weighted by atomic mass is 9.59. The van der Waals surface area contributed by atoms with Crippen LogP contribution >= 0.6 is 11.6 Å². The fourth-order valence-electron chi connectivity index (χ4n) is 4.10. The molecule has 20 heavy (non-hydrogen) atoms. The molecule has 1 aromatic rings. The van der Waals surface area contributed by atoms with Crippen LogP contribution in [0.3, 0.4) is 0 Å². The third-order valence-electron chi connectivity index (χ3n) is 5.54. The SMILES string of the molecule is CC1C2Cc3ccc(O)cc3C1(C)CCN2C/C=C/Cl. The molecule has 1 aromatic carbocycles. The monoisotopic (exact) mass is 291 g/mol. The Morgan fingerprint density at radius 3 is 3.05 bits per heavy atom. The first-order valence-corrected chi connectivity index (χ1v) is 7.81. The van der Waals surface area contributed by atoms with Gasteiger partial charge in [-0.2, -0.15) is 0 Å². The highest BCUT2D eigenvalue weighted by molar-refractivity contribution is 6.25. The fraction of sp³-hybridized carbons (Fsp3) is 0.529. The topological polar surface area (TPSA) is 23.5 Å². The predicted molar refractivity (Wildman–Crippen MR) is 83.3 cm³/mol. The van der Waals surface area contributed by atoms with Gasteiger partial charge in [0.05, 0.1) is 0 Å². The van der Waals surface area contributed by atoms with Crippen molar-refractivity contribution in [2.45, 2.75) is 38.1 Å². The molecule has 3 rings (SSSR count). The molecule has 3 unspecified atom stereocenters. The molecule has 1 saturated heterocycles. The first-order chi connectivity index (χ1) is 9.56. The maximum absolute atomic E-state index is 9.82. The van der Waals surface area contributed by atoms with E-state index in [-0.39, 0.29) is 5.41 Å². The Balaban J connectivity index is 1.99. The smallest absolute Gasteiger partial charge is 0.115 e. The van der Waals surface area contributed by atoms with Gasteiger partial charge in [0.1, 0.15) is 5.75 Å². The Hall–Kier alpha value is -0.990. The van der Waals surface area contributed by atoms with Gasteiger partial charge in [0.2, 0.25) is 0 Å². The summed E-state index contributed by atoms with van der Waals surface area (Å²) in [5.74, 6) is 0.984. The van der Waals surface area contributed by atoms with Crippen LogP contribution in [-0.2, 0) is 11.8 Å². The molecule has 1 aliphatic carbocycles.